The summed E-state index contributed by atoms with van der Waals surface area (Å²) in [6, 6.07) is 13.1. The third kappa shape index (κ3) is 3.61. The van der Waals surface area contributed by atoms with E-state index in [4.69, 9.17) is 20.9 Å². The fourth-order valence-corrected chi connectivity index (χ4v) is 3.56. The van der Waals surface area contributed by atoms with Gasteiger partial charge < -0.3 is 9.31 Å². The summed E-state index contributed by atoms with van der Waals surface area (Å²) >= 11 is 5.96. The molecule has 0 amide bonds. The van der Waals surface area contributed by atoms with Gasteiger partial charge in [0.2, 0.25) is 0 Å². The van der Waals surface area contributed by atoms with Crippen LogP contribution in [0.15, 0.2) is 47.3 Å². The number of rotatable bonds is 3. The average molecular weight is 411 g/mol. The van der Waals surface area contributed by atoms with Crippen LogP contribution < -0.4 is 11.0 Å². The molecule has 5 nitrogen and oxygen atoms in total. The van der Waals surface area contributed by atoms with Gasteiger partial charge in [0, 0.05) is 5.02 Å². The summed E-state index contributed by atoms with van der Waals surface area (Å²) in [5.41, 5.74) is 1.60. The van der Waals surface area contributed by atoms with Crippen molar-refractivity contribution < 1.29 is 9.31 Å². The van der Waals surface area contributed by atoms with Gasteiger partial charge in [0.1, 0.15) is 5.82 Å². The molecule has 4 rings (SSSR count). The minimum Gasteiger partial charge on any atom is -0.399 e. The number of aryl methyl sites for hydroxylation is 1. The van der Waals surface area contributed by atoms with E-state index in [9.17, 15) is 4.79 Å². The van der Waals surface area contributed by atoms with Gasteiger partial charge in [-0.2, -0.15) is 0 Å². The molecule has 0 aliphatic carbocycles. The molecule has 1 saturated heterocycles. The summed E-state index contributed by atoms with van der Waals surface area (Å²) in [5, 5.41) is 1.24. The molecule has 1 aromatic heterocycles. The van der Waals surface area contributed by atoms with E-state index in [1.165, 1.54) is 0 Å². The Morgan fingerprint density at radius 2 is 1.66 bits per heavy atom. The van der Waals surface area contributed by atoms with Crippen molar-refractivity contribution >= 4 is 35.1 Å². The molecule has 1 aliphatic heterocycles. The minimum absolute atomic E-state index is 0.0667. The molecule has 0 radical (unpaired) electrons. The van der Waals surface area contributed by atoms with Crippen LogP contribution in [0.3, 0.4) is 0 Å². The van der Waals surface area contributed by atoms with Gasteiger partial charge in [-0.15, -0.1) is 0 Å². The number of hydrogen-bond acceptors (Lipinski definition) is 4. The van der Waals surface area contributed by atoms with Crippen molar-refractivity contribution in [1.82, 2.24) is 9.55 Å². The molecule has 2 heterocycles. The first-order valence-electron chi connectivity index (χ1n) is 9.69. The number of benzene rings is 2. The molecular formula is C22H24BClN2O3. The lowest BCUT2D eigenvalue weighted by atomic mass is 9.79. The number of halogens is 1. The standard InChI is InChI=1S/C22H24BClN2O3/c1-14-25-19-12-16(23-28-21(2,3)22(4,5)29-23)8-11-18(19)20(27)26(14)13-15-6-9-17(24)10-7-15/h6-12H,13H2,1-5H3. The summed E-state index contributed by atoms with van der Waals surface area (Å²) in [6.07, 6.45) is 0. The predicted molar refractivity (Wildman–Crippen MR) is 117 cm³/mol. The van der Waals surface area contributed by atoms with Crippen LogP contribution in [0.4, 0.5) is 0 Å². The van der Waals surface area contributed by atoms with Crippen LogP contribution in [0.5, 0.6) is 0 Å². The van der Waals surface area contributed by atoms with E-state index in [0.717, 1.165) is 11.0 Å². The third-order valence-corrected chi connectivity index (χ3v) is 6.20. The highest BCUT2D eigenvalue weighted by Gasteiger charge is 2.51. The van der Waals surface area contributed by atoms with Gasteiger partial charge in [-0.1, -0.05) is 29.8 Å². The van der Waals surface area contributed by atoms with Crippen LogP contribution in [0.25, 0.3) is 10.9 Å². The van der Waals surface area contributed by atoms with E-state index in [0.29, 0.717) is 28.3 Å². The average Bonchev–Trinajstić information content (AvgIpc) is 2.87. The van der Waals surface area contributed by atoms with Crippen LogP contribution in [0, 0.1) is 6.92 Å². The first-order valence-corrected chi connectivity index (χ1v) is 10.1. The van der Waals surface area contributed by atoms with E-state index in [-0.39, 0.29) is 5.56 Å². The maximum atomic E-state index is 13.1. The Kier molecular flexibility index (Phi) is 4.84. The Morgan fingerprint density at radius 1 is 1.03 bits per heavy atom. The zero-order chi connectivity index (χ0) is 21.0. The van der Waals surface area contributed by atoms with Crippen LogP contribution in [0.1, 0.15) is 39.1 Å². The van der Waals surface area contributed by atoms with Crippen LogP contribution in [0.2, 0.25) is 5.02 Å². The Bertz CT molecular complexity index is 1120. The summed E-state index contributed by atoms with van der Waals surface area (Å²) < 4.78 is 13.9. The number of nitrogens with zero attached hydrogens (tertiary/aromatic N) is 2. The molecule has 0 N–H and O–H groups in total. The van der Waals surface area contributed by atoms with Gasteiger partial charge in [0.15, 0.2) is 0 Å². The van der Waals surface area contributed by atoms with Gasteiger partial charge >= 0.3 is 7.12 Å². The maximum absolute atomic E-state index is 13.1. The summed E-state index contributed by atoms with van der Waals surface area (Å²) in [6.45, 7) is 10.4. The van der Waals surface area contributed by atoms with Gasteiger partial charge in [-0.05, 0) is 69.9 Å². The number of hydrogen-bond donors (Lipinski definition) is 0. The van der Waals surface area contributed by atoms with Gasteiger partial charge in [0.25, 0.3) is 5.56 Å². The molecule has 0 unspecified atom stereocenters. The molecule has 1 aliphatic rings. The van der Waals surface area contributed by atoms with Crippen LogP contribution in [-0.4, -0.2) is 27.9 Å². The summed E-state index contributed by atoms with van der Waals surface area (Å²) in [4.78, 5) is 17.8. The Hall–Kier alpha value is -2.15. The van der Waals surface area contributed by atoms with Crippen molar-refractivity contribution in [2.24, 2.45) is 0 Å². The largest absolute Gasteiger partial charge is 0.494 e. The van der Waals surface area contributed by atoms with E-state index < -0.39 is 18.3 Å². The topological polar surface area (TPSA) is 53.4 Å². The van der Waals surface area contributed by atoms with Crippen molar-refractivity contribution in [3.63, 3.8) is 0 Å². The molecule has 1 fully saturated rings. The number of fused-ring (bicyclic) bond motifs is 1. The fraction of sp³-hybridized carbons (Fsp3) is 0.364. The molecule has 0 bridgehead atoms. The van der Waals surface area contributed by atoms with Crippen molar-refractivity contribution in [2.75, 3.05) is 0 Å². The molecule has 150 valence electrons. The zero-order valence-corrected chi connectivity index (χ0v) is 18.1. The molecule has 2 aromatic carbocycles. The van der Waals surface area contributed by atoms with E-state index >= 15 is 0 Å². The monoisotopic (exact) mass is 410 g/mol. The highest BCUT2D eigenvalue weighted by Crippen LogP contribution is 2.36. The quantitative estimate of drug-likeness (QED) is 0.618. The van der Waals surface area contributed by atoms with E-state index in [1.54, 1.807) is 4.57 Å². The van der Waals surface area contributed by atoms with Crippen molar-refractivity contribution in [2.45, 2.75) is 52.4 Å². The lowest BCUT2D eigenvalue weighted by Crippen LogP contribution is -2.41. The van der Waals surface area contributed by atoms with Gasteiger partial charge in [-0.25, -0.2) is 4.98 Å². The zero-order valence-electron chi connectivity index (χ0n) is 17.3. The number of aromatic nitrogens is 2. The molecule has 0 atom stereocenters. The normalized spacial score (nSPS) is 17.8. The molecule has 0 saturated carbocycles. The lowest BCUT2D eigenvalue weighted by molar-refractivity contribution is 0.00578. The highest BCUT2D eigenvalue weighted by atomic mass is 35.5. The Labute approximate surface area is 175 Å². The predicted octanol–water partition coefficient (Wildman–Crippen LogP) is 3.71. The molecule has 7 heteroatoms. The molecule has 0 spiro atoms. The Morgan fingerprint density at radius 3 is 2.28 bits per heavy atom. The second-order valence-electron chi connectivity index (χ2n) is 8.54. The molecule has 29 heavy (non-hydrogen) atoms. The SMILES string of the molecule is Cc1nc2cc(B3OC(C)(C)C(C)(C)O3)ccc2c(=O)n1Cc1ccc(Cl)cc1. The maximum Gasteiger partial charge on any atom is 0.494 e. The first kappa shape index (κ1) is 20.1. The Balaban J connectivity index is 1.71. The van der Waals surface area contributed by atoms with Gasteiger partial charge in [-0.3, -0.25) is 9.36 Å². The second-order valence-corrected chi connectivity index (χ2v) is 8.98. The van der Waals surface area contributed by atoms with Crippen LogP contribution >= 0.6 is 11.6 Å². The van der Waals surface area contributed by atoms with Crippen molar-refractivity contribution in [3.8, 4) is 0 Å². The minimum atomic E-state index is -0.483. The van der Waals surface area contributed by atoms with Gasteiger partial charge in [0.05, 0.1) is 28.6 Å². The van der Waals surface area contributed by atoms with Crippen molar-refractivity contribution in [3.05, 3.63) is 69.2 Å². The smallest absolute Gasteiger partial charge is 0.399 e. The molecule has 3 aromatic rings. The van der Waals surface area contributed by atoms with E-state index in [1.807, 2.05) is 77.1 Å². The first-order chi connectivity index (χ1) is 13.6. The second kappa shape index (κ2) is 6.97. The molecular weight excluding hydrogens is 387 g/mol. The summed E-state index contributed by atoms with van der Waals surface area (Å²) in [7, 11) is -0.483. The van der Waals surface area contributed by atoms with Crippen LogP contribution in [-0.2, 0) is 15.9 Å². The highest BCUT2D eigenvalue weighted by molar-refractivity contribution is 6.62. The fourth-order valence-electron chi connectivity index (χ4n) is 3.43. The summed E-state index contributed by atoms with van der Waals surface area (Å²) in [5.74, 6) is 0.656. The van der Waals surface area contributed by atoms with Crippen molar-refractivity contribution in [1.29, 1.82) is 0 Å². The lowest BCUT2D eigenvalue weighted by Gasteiger charge is -2.32. The van der Waals surface area contributed by atoms with E-state index in [2.05, 4.69) is 4.98 Å². The third-order valence-electron chi connectivity index (χ3n) is 5.95.